The number of carbonyl (C=O) groups excluding carboxylic acids is 2. The smallest absolute Gasteiger partial charge is 0.430 e. The Morgan fingerprint density at radius 2 is 2.13 bits per heavy atom. The summed E-state index contributed by atoms with van der Waals surface area (Å²) < 4.78 is 24.3. The number of aryl methyl sites for hydroxylation is 2. The molecule has 0 aliphatic carbocycles. The molecule has 1 aliphatic rings. The minimum Gasteiger partial charge on any atom is -0.430 e. The van der Waals surface area contributed by atoms with Crippen molar-refractivity contribution in [2.45, 2.75) is 32.2 Å². The maximum absolute atomic E-state index is 14.4. The molecule has 2 aromatic rings. The molecule has 1 amide bonds. The van der Waals surface area contributed by atoms with E-state index in [1.165, 1.54) is 17.0 Å². The predicted molar refractivity (Wildman–Crippen MR) is 112 cm³/mol. The van der Waals surface area contributed by atoms with Crippen molar-refractivity contribution in [2.24, 2.45) is 5.73 Å². The number of hydrogen-bond acceptors (Lipinski definition) is 5. The molecule has 0 bridgehead atoms. The highest BCUT2D eigenvalue weighted by Crippen LogP contribution is 2.30. The third-order valence-electron chi connectivity index (χ3n) is 5.03. The number of carbonyl (C=O) groups is 2. The van der Waals surface area contributed by atoms with Gasteiger partial charge in [-0.05, 0) is 61.1 Å². The summed E-state index contributed by atoms with van der Waals surface area (Å²) in [7, 11) is 0. The lowest BCUT2D eigenvalue weighted by atomic mass is 9.97. The number of nitrogens with zero attached hydrogens (tertiary/aromatic N) is 1. The van der Waals surface area contributed by atoms with Crippen LogP contribution in [-0.2, 0) is 22.4 Å². The lowest BCUT2D eigenvalue weighted by Crippen LogP contribution is -2.47. The highest BCUT2D eigenvalue weighted by atomic mass is 19.1. The summed E-state index contributed by atoms with van der Waals surface area (Å²) in [5.41, 5.74) is 9.02. The van der Waals surface area contributed by atoms with E-state index in [-0.39, 0.29) is 18.9 Å². The van der Waals surface area contributed by atoms with Crippen LogP contribution in [0.4, 0.5) is 14.9 Å². The molecule has 1 atom stereocenters. The van der Waals surface area contributed by atoms with Crippen LogP contribution in [0, 0.1) is 12.7 Å². The van der Waals surface area contributed by atoms with E-state index in [0.29, 0.717) is 18.0 Å². The van der Waals surface area contributed by atoms with Gasteiger partial charge < -0.3 is 20.1 Å². The zero-order valence-corrected chi connectivity index (χ0v) is 16.9. The summed E-state index contributed by atoms with van der Waals surface area (Å²) in [4.78, 5) is 26.0. The predicted octanol–water partition coefficient (Wildman–Crippen LogP) is 3.68. The maximum atomic E-state index is 14.4. The van der Waals surface area contributed by atoms with Crippen LogP contribution < -0.4 is 15.4 Å². The molecule has 2 aromatic carbocycles. The number of para-hydroxylation sites is 1. The summed E-state index contributed by atoms with van der Waals surface area (Å²) in [5, 5.41) is 0. The van der Waals surface area contributed by atoms with E-state index in [1.54, 1.807) is 24.3 Å². The third kappa shape index (κ3) is 4.86. The maximum Gasteiger partial charge on any atom is 0.514 e. The van der Waals surface area contributed by atoms with Gasteiger partial charge in [0, 0.05) is 6.54 Å². The van der Waals surface area contributed by atoms with Gasteiger partial charge in [0.1, 0.15) is 18.2 Å². The fourth-order valence-electron chi connectivity index (χ4n) is 3.56. The average Bonchev–Trinajstić information content (AvgIpc) is 2.73. The zero-order valence-electron chi connectivity index (χ0n) is 16.9. The van der Waals surface area contributed by atoms with Gasteiger partial charge in [0.2, 0.25) is 5.91 Å². The van der Waals surface area contributed by atoms with Crippen LogP contribution in [0.3, 0.4) is 0 Å². The van der Waals surface area contributed by atoms with Gasteiger partial charge in [0.05, 0.1) is 11.7 Å². The van der Waals surface area contributed by atoms with Crippen LogP contribution in [0.15, 0.2) is 49.1 Å². The second-order valence-electron chi connectivity index (χ2n) is 7.19. The van der Waals surface area contributed by atoms with E-state index >= 15 is 0 Å². The van der Waals surface area contributed by atoms with Crippen molar-refractivity contribution >= 4 is 17.7 Å². The number of ether oxygens (including phenoxy) is 2. The first-order chi connectivity index (χ1) is 14.4. The molecule has 0 radical (unpaired) electrons. The van der Waals surface area contributed by atoms with E-state index in [9.17, 15) is 14.0 Å². The van der Waals surface area contributed by atoms with Crippen molar-refractivity contribution in [3.63, 3.8) is 0 Å². The summed E-state index contributed by atoms with van der Waals surface area (Å²) >= 11 is 0. The van der Waals surface area contributed by atoms with E-state index in [0.717, 1.165) is 29.5 Å². The van der Waals surface area contributed by atoms with Gasteiger partial charge in [-0.25, -0.2) is 9.18 Å². The number of rotatable bonds is 6. The Labute approximate surface area is 175 Å². The van der Waals surface area contributed by atoms with E-state index in [4.69, 9.17) is 15.2 Å². The Hall–Kier alpha value is -3.19. The van der Waals surface area contributed by atoms with E-state index in [2.05, 4.69) is 6.58 Å². The van der Waals surface area contributed by atoms with Crippen molar-refractivity contribution in [2.75, 3.05) is 18.1 Å². The molecule has 2 N–H and O–H groups in total. The van der Waals surface area contributed by atoms with Crippen molar-refractivity contribution < 1.29 is 23.5 Å². The normalized spacial score (nSPS) is 13.9. The van der Waals surface area contributed by atoms with E-state index in [1.807, 2.05) is 13.0 Å². The highest BCUT2D eigenvalue weighted by molar-refractivity contribution is 5.98. The SMILES string of the molecule is C=CCOC(=O)Oc1ccc(C[C@@H](N)C(=O)N2CCCc3cccc(F)c32)c(C)c1. The van der Waals surface area contributed by atoms with E-state index < -0.39 is 18.0 Å². The van der Waals surface area contributed by atoms with Crippen LogP contribution in [0.25, 0.3) is 0 Å². The molecule has 1 heterocycles. The topological polar surface area (TPSA) is 81.9 Å². The van der Waals surface area contributed by atoms with Crippen LogP contribution >= 0.6 is 0 Å². The Morgan fingerprint density at radius 1 is 1.33 bits per heavy atom. The molecule has 0 spiro atoms. The second-order valence-corrected chi connectivity index (χ2v) is 7.19. The first kappa shape index (κ1) is 21.5. The van der Waals surface area contributed by atoms with Crippen molar-refractivity contribution in [3.8, 4) is 5.75 Å². The van der Waals surface area contributed by atoms with Crippen LogP contribution in [0.5, 0.6) is 5.75 Å². The van der Waals surface area contributed by atoms with Crippen molar-refractivity contribution in [1.29, 1.82) is 0 Å². The molecular formula is C23H25FN2O4. The standard InChI is InChI=1S/C23H25FN2O4/c1-3-12-29-23(28)30-18-10-9-17(15(2)13-18)14-20(25)22(27)26-11-5-7-16-6-4-8-19(24)21(16)26/h3-4,6,8-10,13,20H,1,5,7,11-12,14,25H2,2H3/t20-/m1/s1. The van der Waals surface area contributed by atoms with Crippen LogP contribution in [-0.4, -0.2) is 31.3 Å². The lowest BCUT2D eigenvalue weighted by molar-refractivity contribution is -0.119. The fraction of sp³-hybridized carbons (Fsp3) is 0.304. The molecule has 0 fully saturated rings. The second kappa shape index (κ2) is 9.54. The van der Waals surface area contributed by atoms with Gasteiger partial charge in [0.15, 0.2) is 0 Å². The molecule has 0 aromatic heterocycles. The molecule has 30 heavy (non-hydrogen) atoms. The van der Waals surface area contributed by atoms with Gasteiger partial charge in [-0.3, -0.25) is 4.79 Å². The minimum atomic E-state index is -0.821. The Bertz CT molecular complexity index is 960. The van der Waals surface area contributed by atoms with Crippen molar-refractivity contribution in [3.05, 3.63) is 71.6 Å². The molecular weight excluding hydrogens is 387 g/mol. The van der Waals surface area contributed by atoms with Crippen LogP contribution in [0.2, 0.25) is 0 Å². The Balaban J connectivity index is 1.69. The number of amides is 1. The number of benzene rings is 2. The number of fused-ring (bicyclic) bond motifs is 1. The summed E-state index contributed by atoms with van der Waals surface area (Å²) in [6, 6.07) is 9.08. The number of anilines is 1. The Kier molecular flexibility index (Phi) is 6.84. The fourth-order valence-corrected chi connectivity index (χ4v) is 3.56. The first-order valence-corrected chi connectivity index (χ1v) is 9.80. The quantitative estimate of drug-likeness (QED) is 0.445. The number of nitrogens with two attached hydrogens (primary N) is 1. The molecule has 0 unspecified atom stereocenters. The molecule has 0 saturated carbocycles. The summed E-state index contributed by atoms with van der Waals surface area (Å²) in [6.45, 7) is 5.81. The molecule has 1 aliphatic heterocycles. The van der Waals surface area contributed by atoms with Crippen molar-refractivity contribution in [1.82, 2.24) is 0 Å². The summed E-state index contributed by atoms with van der Waals surface area (Å²) in [6.07, 6.45) is 2.41. The van der Waals surface area contributed by atoms with Gasteiger partial charge in [-0.15, -0.1) is 0 Å². The zero-order chi connectivity index (χ0) is 21.7. The Morgan fingerprint density at radius 3 is 2.87 bits per heavy atom. The van der Waals surface area contributed by atoms with Gasteiger partial charge in [-0.2, -0.15) is 0 Å². The monoisotopic (exact) mass is 412 g/mol. The minimum absolute atomic E-state index is 0.0626. The molecule has 7 heteroatoms. The number of halogens is 1. The van der Waals surface area contributed by atoms with Crippen LogP contribution in [0.1, 0.15) is 23.1 Å². The highest BCUT2D eigenvalue weighted by Gasteiger charge is 2.29. The molecule has 6 nitrogen and oxygen atoms in total. The van der Waals surface area contributed by atoms with Gasteiger partial charge >= 0.3 is 6.16 Å². The first-order valence-electron chi connectivity index (χ1n) is 9.80. The molecule has 0 saturated heterocycles. The summed E-state index contributed by atoms with van der Waals surface area (Å²) in [5.74, 6) is -0.389. The molecule has 3 rings (SSSR count). The average molecular weight is 412 g/mol. The third-order valence-corrected chi connectivity index (χ3v) is 5.03. The number of hydrogen-bond donors (Lipinski definition) is 1. The largest absolute Gasteiger partial charge is 0.514 e. The van der Waals surface area contributed by atoms with Gasteiger partial charge in [0.25, 0.3) is 0 Å². The van der Waals surface area contributed by atoms with Gasteiger partial charge in [-0.1, -0.05) is 30.9 Å². The molecule has 158 valence electrons. The lowest BCUT2D eigenvalue weighted by Gasteiger charge is -2.31.